The lowest BCUT2D eigenvalue weighted by molar-refractivity contribution is 0.0499. The highest BCUT2D eigenvalue weighted by Crippen LogP contribution is 2.08. The first kappa shape index (κ1) is 15.2. The normalized spacial score (nSPS) is 9.95. The van der Waals surface area contributed by atoms with Gasteiger partial charge < -0.3 is 9.47 Å². The fourth-order valence-corrected chi connectivity index (χ4v) is 1.59. The largest absolute Gasteiger partial charge is 0.462 e. The third-order valence-corrected chi connectivity index (χ3v) is 2.69. The van der Waals surface area contributed by atoms with Crippen LogP contribution in [0.2, 0.25) is 0 Å². The molecule has 1 aromatic carbocycles. The summed E-state index contributed by atoms with van der Waals surface area (Å²) >= 11 is 0. The van der Waals surface area contributed by atoms with Crippen molar-refractivity contribution in [2.75, 3.05) is 13.2 Å². The lowest BCUT2D eigenvalue weighted by Gasteiger charge is -2.05. The maximum atomic E-state index is 11.6. The molecule has 4 nitrogen and oxygen atoms in total. The van der Waals surface area contributed by atoms with Crippen LogP contribution in [0, 0.1) is 0 Å². The van der Waals surface area contributed by atoms with Crippen molar-refractivity contribution in [3.8, 4) is 0 Å². The van der Waals surface area contributed by atoms with Crippen LogP contribution in [0.15, 0.2) is 24.3 Å². The first-order chi connectivity index (χ1) is 9.27. The fourth-order valence-electron chi connectivity index (χ4n) is 1.59. The third kappa shape index (κ3) is 6.04. The highest BCUT2D eigenvalue weighted by atomic mass is 16.5. The Hall–Kier alpha value is -1.84. The average molecular weight is 263 g/mol. The van der Waals surface area contributed by atoms with E-state index in [4.69, 9.17) is 4.74 Å². The van der Waals surface area contributed by atoms with Crippen LogP contribution in [-0.2, 0) is 20.7 Å². The van der Waals surface area contributed by atoms with Crippen LogP contribution in [0.3, 0.4) is 0 Å². The van der Waals surface area contributed by atoms with E-state index in [0.717, 1.165) is 31.2 Å². The number of carbonyl (C=O) groups is 1. The molecule has 0 aliphatic carbocycles. The Morgan fingerprint density at radius 2 is 1.89 bits per heavy atom. The topological polar surface area (TPSA) is 52.6 Å². The van der Waals surface area contributed by atoms with Crippen molar-refractivity contribution in [2.45, 2.75) is 32.6 Å². The zero-order valence-electron chi connectivity index (χ0n) is 11.2. The number of rotatable bonds is 9. The summed E-state index contributed by atoms with van der Waals surface area (Å²) < 4.78 is 9.61. The van der Waals surface area contributed by atoms with Crippen molar-refractivity contribution in [1.29, 1.82) is 0 Å². The summed E-state index contributed by atoms with van der Waals surface area (Å²) in [5.74, 6) is -0.279. The number of carbonyl (C=O) groups excluding carboxylic acids is 2. The molecule has 0 saturated carbocycles. The summed E-state index contributed by atoms with van der Waals surface area (Å²) in [6.45, 7) is 4.28. The van der Waals surface area contributed by atoms with E-state index in [-0.39, 0.29) is 5.97 Å². The zero-order chi connectivity index (χ0) is 13.9. The lowest BCUT2D eigenvalue weighted by atomic mass is 10.1. The molecule has 0 saturated heterocycles. The molecule has 4 heteroatoms. The predicted molar refractivity (Wildman–Crippen MR) is 71.6 cm³/mol. The smallest absolute Gasteiger partial charge is 0.417 e. The molecule has 19 heavy (non-hydrogen) atoms. The van der Waals surface area contributed by atoms with E-state index in [1.807, 2.05) is 12.1 Å². The lowest BCUT2D eigenvalue weighted by Crippen LogP contribution is -2.06. The van der Waals surface area contributed by atoms with Gasteiger partial charge in [-0.3, -0.25) is 0 Å². The second-order valence-electron chi connectivity index (χ2n) is 4.22. The van der Waals surface area contributed by atoms with Crippen molar-refractivity contribution in [2.24, 2.45) is 0 Å². The number of esters is 1. The maximum absolute atomic E-state index is 11.6. The van der Waals surface area contributed by atoms with Crippen LogP contribution in [0.4, 0.5) is 0 Å². The van der Waals surface area contributed by atoms with Crippen LogP contribution in [0.25, 0.3) is 0 Å². The molecule has 0 N–H and O–H groups in total. The third-order valence-electron chi connectivity index (χ3n) is 2.69. The van der Waals surface area contributed by atoms with Crippen molar-refractivity contribution in [3.63, 3.8) is 0 Å². The van der Waals surface area contributed by atoms with Gasteiger partial charge in [-0.25, -0.2) is 9.59 Å². The summed E-state index contributed by atoms with van der Waals surface area (Å²) in [5, 5.41) is 0. The minimum Gasteiger partial charge on any atom is -0.462 e. The minimum atomic E-state index is -0.279. The van der Waals surface area contributed by atoms with E-state index in [2.05, 4.69) is 11.7 Å². The van der Waals surface area contributed by atoms with Crippen LogP contribution in [0.5, 0.6) is 0 Å². The number of ether oxygens (including phenoxy) is 2. The van der Waals surface area contributed by atoms with Gasteiger partial charge in [0.25, 0.3) is 0 Å². The van der Waals surface area contributed by atoms with Gasteiger partial charge in [-0.15, -0.1) is 0 Å². The van der Waals surface area contributed by atoms with Crippen LogP contribution >= 0.6 is 0 Å². The molecule has 103 valence electrons. The summed E-state index contributed by atoms with van der Waals surface area (Å²) in [6, 6.07) is 7.30. The summed E-state index contributed by atoms with van der Waals surface area (Å²) in [4.78, 5) is 21.5. The molecule has 0 fully saturated rings. The zero-order valence-corrected chi connectivity index (χ0v) is 11.2. The Bertz CT molecular complexity index is 384. The molecule has 0 spiro atoms. The summed E-state index contributed by atoms with van der Waals surface area (Å²) in [5.41, 5.74) is 1.66. The predicted octanol–water partition coefficient (Wildman–Crippen LogP) is 2.66. The minimum absolute atomic E-state index is 0.279. The van der Waals surface area contributed by atoms with Gasteiger partial charge in [0.05, 0.1) is 18.8 Å². The van der Waals surface area contributed by atoms with Gasteiger partial charge in [0.2, 0.25) is 0 Å². The molecule has 0 atom stereocenters. The van der Waals surface area contributed by atoms with E-state index < -0.39 is 0 Å². The Labute approximate surface area is 113 Å². The number of hydrogen-bond acceptors (Lipinski definition) is 4. The van der Waals surface area contributed by atoms with Gasteiger partial charge in [0.1, 0.15) is 0 Å². The monoisotopic (exact) mass is 263 g/mol. The number of unbranched alkanes of at least 4 members (excludes halogenated alkanes) is 1. The quantitative estimate of drug-likeness (QED) is 0.507. The Morgan fingerprint density at radius 3 is 2.53 bits per heavy atom. The molecule has 1 radical (unpaired) electrons. The van der Waals surface area contributed by atoms with Crippen LogP contribution in [0.1, 0.15) is 42.1 Å². The first-order valence-electron chi connectivity index (χ1n) is 6.53. The first-order valence-corrected chi connectivity index (χ1v) is 6.53. The second kappa shape index (κ2) is 9.14. The molecule has 0 amide bonds. The molecular formula is C15H19O4. The SMILES string of the molecule is CCCCOC(=O)c1ccc(CCCO[C]=O)cc1. The van der Waals surface area contributed by atoms with Crippen molar-refractivity contribution in [1.82, 2.24) is 0 Å². The Morgan fingerprint density at radius 1 is 1.16 bits per heavy atom. The molecule has 0 unspecified atom stereocenters. The van der Waals surface area contributed by atoms with Crippen LogP contribution in [-0.4, -0.2) is 25.7 Å². The van der Waals surface area contributed by atoms with Gasteiger partial charge in [0.15, 0.2) is 0 Å². The highest BCUT2D eigenvalue weighted by molar-refractivity contribution is 5.89. The molecular weight excluding hydrogens is 244 g/mol. The van der Waals surface area contributed by atoms with E-state index in [0.29, 0.717) is 18.8 Å². The molecule has 0 aliphatic heterocycles. The van der Waals surface area contributed by atoms with Gasteiger partial charge in [0, 0.05) is 0 Å². The maximum Gasteiger partial charge on any atom is 0.417 e. The van der Waals surface area contributed by atoms with E-state index >= 15 is 0 Å². The van der Waals surface area contributed by atoms with E-state index in [1.165, 1.54) is 6.47 Å². The second-order valence-corrected chi connectivity index (χ2v) is 4.22. The number of hydrogen-bond donors (Lipinski definition) is 0. The van der Waals surface area contributed by atoms with Crippen LogP contribution < -0.4 is 0 Å². The standard InChI is InChI=1S/C15H19O4/c1-2-3-11-19-15(17)14-8-6-13(7-9-14)5-4-10-18-12-16/h6-9H,2-5,10-11H2,1H3. The average Bonchev–Trinajstić information content (AvgIpc) is 2.44. The Balaban J connectivity index is 2.37. The number of aryl methyl sites for hydroxylation is 1. The van der Waals surface area contributed by atoms with E-state index in [1.54, 1.807) is 12.1 Å². The molecule has 0 aliphatic rings. The number of benzene rings is 1. The highest BCUT2D eigenvalue weighted by Gasteiger charge is 2.06. The molecule has 0 heterocycles. The van der Waals surface area contributed by atoms with Gasteiger partial charge >= 0.3 is 12.4 Å². The van der Waals surface area contributed by atoms with Crippen molar-refractivity contribution >= 4 is 12.4 Å². The summed E-state index contributed by atoms with van der Waals surface area (Å²) in [7, 11) is 0. The Kier molecular flexibility index (Phi) is 7.32. The molecule has 1 rings (SSSR count). The summed E-state index contributed by atoms with van der Waals surface area (Å²) in [6.07, 6.45) is 3.44. The molecule has 0 bridgehead atoms. The van der Waals surface area contributed by atoms with Gasteiger partial charge in [-0.1, -0.05) is 25.5 Å². The molecule has 0 aromatic heterocycles. The van der Waals surface area contributed by atoms with Gasteiger partial charge in [-0.05, 0) is 37.0 Å². The molecule has 1 aromatic rings. The van der Waals surface area contributed by atoms with E-state index in [9.17, 15) is 9.59 Å². The van der Waals surface area contributed by atoms with Gasteiger partial charge in [-0.2, -0.15) is 0 Å². The van der Waals surface area contributed by atoms with Crippen molar-refractivity contribution < 1.29 is 19.1 Å². The van der Waals surface area contributed by atoms with Crippen molar-refractivity contribution in [3.05, 3.63) is 35.4 Å². The fraction of sp³-hybridized carbons (Fsp3) is 0.467.